The number of ketones is 1. The number of carbonyl (C=O) groups is 1. The molecule has 0 aromatic heterocycles. The zero-order valence-corrected chi connectivity index (χ0v) is 11.7. The lowest BCUT2D eigenvalue weighted by molar-refractivity contribution is -0.383. The van der Waals surface area contributed by atoms with Gasteiger partial charge in [-0.25, -0.2) is 4.39 Å². The SMILES string of the molecule is CNc1ccc(/C=C/C(=O)c2cccc(F)c2)cc1[N+](=O)[O-]. The molecule has 0 atom stereocenters. The Morgan fingerprint density at radius 1 is 1.27 bits per heavy atom. The molecule has 112 valence electrons. The van der Waals surface area contributed by atoms with Gasteiger partial charge in [0.2, 0.25) is 0 Å². The van der Waals surface area contributed by atoms with Gasteiger partial charge in [-0.05, 0) is 29.8 Å². The summed E-state index contributed by atoms with van der Waals surface area (Å²) in [6, 6.07) is 9.91. The van der Waals surface area contributed by atoms with Gasteiger partial charge in [-0.1, -0.05) is 24.3 Å². The number of hydrogen-bond donors (Lipinski definition) is 1. The van der Waals surface area contributed by atoms with Crippen LogP contribution >= 0.6 is 0 Å². The standard InChI is InChI=1S/C16H13FN2O3/c1-18-14-7-5-11(9-15(14)19(21)22)6-8-16(20)12-3-2-4-13(17)10-12/h2-10,18H,1H3/b8-6+. The summed E-state index contributed by atoms with van der Waals surface area (Å²) < 4.78 is 13.1. The minimum atomic E-state index is -0.502. The minimum absolute atomic E-state index is 0.0807. The molecule has 0 saturated carbocycles. The summed E-state index contributed by atoms with van der Waals surface area (Å²) in [5, 5.41) is 13.7. The van der Waals surface area contributed by atoms with Gasteiger partial charge in [-0.15, -0.1) is 0 Å². The van der Waals surface area contributed by atoms with E-state index in [4.69, 9.17) is 0 Å². The largest absolute Gasteiger partial charge is 0.383 e. The van der Waals surface area contributed by atoms with Crippen molar-refractivity contribution >= 4 is 23.2 Å². The van der Waals surface area contributed by atoms with Gasteiger partial charge in [-0.2, -0.15) is 0 Å². The van der Waals surface area contributed by atoms with Crippen LogP contribution in [0.2, 0.25) is 0 Å². The minimum Gasteiger partial charge on any atom is -0.383 e. The van der Waals surface area contributed by atoms with Crippen LogP contribution in [0, 0.1) is 15.9 Å². The predicted octanol–water partition coefficient (Wildman–Crippen LogP) is 3.67. The van der Waals surface area contributed by atoms with E-state index in [1.165, 1.54) is 36.4 Å². The van der Waals surface area contributed by atoms with Crippen LogP contribution in [0.15, 0.2) is 48.5 Å². The van der Waals surface area contributed by atoms with E-state index < -0.39 is 10.7 Å². The summed E-state index contributed by atoms with van der Waals surface area (Å²) in [5.74, 6) is -0.867. The molecule has 0 saturated heterocycles. The molecule has 0 unspecified atom stereocenters. The molecule has 22 heavy (non-hydrogen) atoms. The number of nitrogens with zero attached hydrogens (tertiary/aromatic N) is 1. The van der Waals surface area contributed by atoms with Crippen molar-refractivity contribution in [3.8, 4) is 0 Å². The van der Waals surface area contributed by atoms with E-state index in [1.54, 1.807) is 19.2 Å². The third-order valence-electron chi connectivity index (χ3n) is 3.02. The molecule has 2 rings (SSSR count). The average Bonchev–Trinajstić information content (AvgIpc) is 2.52. The van der Waals surface area contributed by atoms with Crippen LogP contribution in [0.4, 0.5) is 15.8 Å². The molecule has 5 nitrogen and oxygen atoms in total. The molecule has 6 heteroatoms. The maximum Gasteiger partial charge on any atom is 0.292 e. The molecular formula is C16H13FN2O3. The lowest BCUT2D eigenvalue weighted by Crippen LogP contribution is -1.97. The van der Waals surface area contributed by atoms with Gasteiger partial charge >= 0.3 is 0 Å². The van der Waals surface area contributed by atoms with Gasteiger partial charge in [0.25, 0.3) is 5.69 Å². The van der Waals surface area contributed by atoms with Crippen LogP contribution in [0.25, 0.3) is 6.08 Å². The summed E-state index contributed by atoms with van der Waals surface area (Å²) in [5.41, 5.74) is 1.04. The summed E-state index contributed by atoms with van der Waals surface area (Å²) >= 11 is 0. The highest BCUT2D eigenvalue weighted by Gasteiger charge is 2.12. The van der Waals surface area contributed by atoms with Crippen LogP contribution in [0.1, 0.15) is 15.9 Å². The van der Waals surface area contributed by atoms with Crippen molar-refractivity contribution in [1.82, 2.24) is 0 Å². The van der Waals surface area contributed by atoms with E-state index in [0.717, 1.165) is 6.07 Å². The van der Waals surface area contributed by atoms with Crippen LogP contribution in [0.5, 0.6) is 0 Å². The number of rotatable bonds is 5. The topological polar surface area (TPSA) is 72.2 Å². The number of nitro groups is 1. The Kier molecular flexibility index (Phi) is 4.63. The van der Waals surface area contributed by atoms with Gasteiger partial charge in [0.15, 0.2) is 5.78 Å². The molecule has 1 N–H and O–H groups in total. The zero-order valence-electron chi connectivity index (χ0n) is 11.7. The van der Waals surface area contributed by atoms with Gasteiger partial charge < -0.3 is 5.32 Å². The smallest absolute Gasteiger partial charge is 0.292 e. The van der Waals surface area contributed by atoms with Crippen molar-refractivity contribution in [3.05, 3.63) is 75.6 Å². The molecule has 0 spiro atoms. The first kappa shape index (κ1) is 15.4. The van der Waals surface area contributed by atoms with Gasteiger partial charge in [0.05, 0.1) is 4.92 Å². The Hall–Kier alpha value is -3.02. The summed E-state index contributed by atoms with van der Waals surface area (Å²) in [4.78, 5) is 22.4. The van der Waals surface area contributed by atoms with Crippen LogP contribution in [-0.2, 0) is 0 Å². The first-order chi connectivity index (χ1) is 10.5. The molecular weight excluding hydrogens is 287 g/mol. The number of anilines is 1. The third kappa shape index (κ3) is 3.54. The van der Waals surface area contributed by atoms with E-state index >= 15 is 0 Å². The number of hydrogen-bond acceptors (Lipinski definition) is 4. The highest BCUT2D eigenvalue weighted by molar-refractivity contribution is 6.06. The second-order valence-corrected chi connectivity index (χ2v) is 4.49. The molecule has 2 aromatic carbocycles. The Morgan fingerprint density at radius 2 is 2.05 bits per heavy atom. The lowest BCUT2D eigenvalue weighted by Gasteiger charge is -2.02. The fraction of sp³-hybridized carbons (Fsp3) is 0.0625. The van der Waals surface area contributed by atoms with Crippen molar-refractivity contribution in [2.45, 2.75) is 0 Å². The van der Waals surface area contributed by atoms with Gasteiger partial charge in [0, 0.05) is 18.7 Å². The van der Waals surface area contributed by atoms with Gasteiger partial charge in [0.1, 0.15) is 11.5 Å². The number of nitrogens with one attached hydrogen (secondary N) is 1. The quantitative estimate of drug-likeness (QED) is 0.396. The molecule has 0 radical (unpaired) electrons. The maximum atomic E-state index is 13.1. The molecule has 0 bridgehead atoms. The van der Waals surface area contributed by atoms with Crippen molar-refractivity contribution in [2.75, 3.05) is 12.4 Å². The number of carbonyl (C=O) groups excluding carboxylic acids is 1. The van der Waals surface area contributed by atoms with Crippen LogP contribution < -0.4 is 5.32 Å². The average molecular weight is 300 g/mol. The number of allylic oxidation sites excluding steroid dienone is 1. The number of halogens is 1. The number of nitro benzene ring substituents is 1. The maximum absolute atomic E-state index is 13.1. The molecule has 0 amide bonds. The molecule has 0 aliphatic heterocycles. The third-order valence-corrected chi connectivity index (χ3v) is 3.02. The highest BCUT2D eigenvalue weighted by atomic mass is 19.1. The summed E-state index contributed by atoms with van der Waals surface area (Å²) in [6.45, 7) is 0. The second-order valence-electron chi connectivity index (χ2n) is 4.49. The molecule has 0 aliphatic rings. The highest BCUT2D eigenvalue weighted by Crippen LogP contribution is 2.25. The number of benzene rings is 2. The molecule has 0 heterocycles. The summed E-state index contributed by atoms with van der Waals surface area (Å²) in [7, 11) is 1.59. The monoisotopic (exact) mass is 300 g/mol. The first-order valence-corrected chi connectivity index (χ1v) is 6.45. The van der Waals surface area contributed by atoms with Crippen molar-refractivity contribution in [1.29, 1.82) is 0 Å². The zero-order chi connectivity index (χ0) is 16.1. The van der Waals surface area contributed by atoms with Crippen molar-refractivity contribution < 1.29 is 14.1 Å². The Balaban J connectivity index is 2.25. The molecule has 2 aromatic rings. The van der Waals surface area contributed by atoms with Crippen LogP contribution in [0.3, 0.4) is 0 Å². The van der Waals surface area contributed by atoms with Gasteiger partial charge in [-0.3, -0.25) is 14.9 Å². The van der Waals surface area contributed by atoms with E-state index in [1.807, 2.05) is 0 Å². The van der Waals surface area contributed by atoms with Crippen molar-refractivity contribution in [2.24, 2.45) is 0 Å². The fourth-order valence-electron chi connectivity index (χ4n) is 1.92. The second kappa shape index (κ2) is 6.62. The molecule has 0 fully saturated rings. The predicted molar refractivity (Wildman–Crippen MR) is 82.4 cm³/mol. The normalized spacial score (nSPS) is 10.6. The lowest BCUT2D eigenvalue weighted by atomic mass is 10.1. The van der Waals surface area contributed by atoms with Crippen molar-refractivity contribution in [3.63, 3.8) is 0 Å². The van der Waals surface area contributed by atoms with E-state index in [-0.39, 0.29) is 17.0 Å². The Bertz CT molecular complexity index is 757. The molecule has 0 aliphatic carbocycles. The van der Waals surface area contributed by atoms with Crippen LogP contribution in [-0.4, -0.2) is 17.8 Å². The fourth-order valence-corrected chi connectivity index (χ4v) is 1.92. The Morgan fingerprint density at radius 3 is 2.68 bits per heavy atom. The van der Waals surface area contributed by atoms with E-state index in [2.05, 4.69) is 5.32 Å². The van der Waals surface area contributed by atoms with E-state index in [9.17, 15) is 19.3 Å². The Labute approximate surface area is 126 Å². The van der Waals surface area contributed by atoms with E-state index in [0.29, 0.717) is 11.3 Å². The summed E-state index contributed by atoms with van der Waals surface area (Å²) in [6.07, 6.45) is 2.71. The first-order valence-electron chi connectivity index (χ1n) is 6.45.